The van der Waals surface area contributed by atoms with E-state index in [0.29, 0.717) is 16.8 Å². The first kappa shape index (κ1) is 12.4. The average molecular weight is 299 g/mol. The van der Waals surface area contributed by atoms with Crippen molar-refractivity contribution in [2.24, 2.45) is 5.73 Å². The summed E-state index contributed by atoms with van der Waals surface area (Å²) in [5, 5.41) is 2.71. The van der Waals surface area contributed by atoms with Gasteiger partial charge >= 0.3 is 0 Å². The molecule has 0 radical (unpaired) electrons. The first-order valence-electron chi connectivity index (χ1n) is 5.64. The number of rotatable bonds is 3. The lowest BCUT2D eigenvalue weighted by Gasteiger charge is -2.22. The number of hydrogen-bond acceptors (Lipinski definition) is 4. The van der Waals surface area contributed by atoms with Gasteiger partial charge in [0.25, 0.3) is 0 Å². The third kappa shape index (κ3) is 3.47. The van der Waals surface area contributed by atoms with Gasteiger partial charge < -0.3 is 11.1 Å². The molecule has 0 atom stereocenters. The molecule has 1 aliphatic carbocycles. The zero-order valence-electron chi connectivity index (χ0n) is 9.45. The number of carbonyl (C=O) groups excluding carboxylic acids is 1. The van der Waals surface area contributed by atoms with Crippen molar-refractivity contribution in [2.75, 3.05) is 5.32 Å². The second-order valence-electron chi connectivity index (χ2n) is 4.52. The molecule has 1 amide bonds. The van der Waals surface area contributed by atoms with Crippen LogP contribution >= 0.6 is 15.9 Å². The highest BCUT2D eigenvalue weighted by atomic mass is 79.9. The Labute approximate surface area is 108 Å². The number of halogens is 1. The molecule has 0 saturated heterocycles. The topological polar surface area (TPSA) is 80.9 Å². The Bertz CT molecular complexity index is 400. The van der Waals surface area contributed by atoms with E-state index in [1.807, 2.05) is 0 Å². The first-order valence-corrected chi connectivity index (χ1v) is 6.43. The molecule has 1 saturated carbocycles. The molecule has 92 valence electrons. The van der Waals surface area contributed by atoms with Gasteiger partial charge in [-0.1, -0.05) is 12.8 Å². The van der Waals surface area contributed by atoms with Gasteiger partial charge in [0.05, 0.1) is 12.4 Å². The lowest BCUT2D eigenvalue weighted by Crippen LogP contribution is -2.40. The Kier molecular flexibility index (Phi) is 3.73. The number of nitrogens with zero attached hydrogens (tertiary/aromatic N) is 2. The van der Waals surface area contributed by atoms with E-state index in [-0.39, 0.29) is 11.4 Å². The lowest BCUT2D eigenvalue weighted by atomic mass is 9.94. The predicted molar refractivity (Wildman–Crippen MR) is 68.4 cm³/mol. The molecule has 1 fully saturated rings. The summed E-state index contributed by atoms with van der Waals surface area (Å²) in [6.07, 6.45) is 7.48. The Hall–Kier alpha value is -1.01. The zero-order chi connectivity index (χ0) is 12.3. The van der Waals surface area contributed by atoms with E-state index >= 15 is 0 Å². The van der Waals surface area contributed by atoms with Gasteiger partial charge in [-0.15, -0.1) is 0 Å². The maximum atomic E-state index is 11.8. The van der Waals surface area contributed by atoms with Gasteiger partial charge in [0, 0.05) is 12.0 Å². The highest BCUT2D eigenvalue weighted by Crippen LogP contribution is 2.30. The van der Waals surface area contributed by atoms with Crippen molar-refractivity contribution in [1.82, 2.24) is 9.97 Å². The number of hydrogen-bond donors (Lipinski definition) is 2. The van der Waals surface area contributed by atoms with Crippen molar-refractivity contribution >= 4 is 27.7 Å². The molecule has 1 aromatic heterocycles. The molecule has 0 spiro atoms. The summed E-state index contributed by atoms with van der Waals surface area (Å²) < 4.78 is 0.640. The maximum absolute atomic E-state index is 11.8. The highest BCUT2D eigenvalue weighted by Gasteiger charge is 2.31. The first-order chi connectivity index (χ1) is 8.07. The molecule has 5 nitrogen and oxygen atoms in total. The number of anilines is 1. The number of nitrogens with two attached hydrogens (primary N) is 1. The summed E-state index contributed by atoms with van der Waals surface area (Å²) in [6.45, 7) is 0. The average Bonchev–Trinajstić information content (AvgIpc) is 2.68. The van der Waals surface area contributed by atoms with Crippen molar-refractivity contribution in [3.05, 3.63) is 17.0 Å². The molecule has 1 aliphatic rings. The molecular weight excluding hydrogens is 284 g/mol. The monoisotopic (exact) mass is 298 g/mol. The summed E-state index contributed by atoms with van der Waals surface area (Å²) >= 11 is 3.18. The van der Waals surface area contributed by atoms with Crippen molar-refractivity contribution in [1.29, 1.82) is 0 Å². The van der Waals surface area contributed by atoms with E-state index < -0.39 is 0 Å². The maximum Gasteiger partial charge on any atom is 0.227 e. The molecule has 6 heteroatoms. The van der Waals surface area contributed by atoms with Gasteiger partial charge in [-0.25, -0.2) is 9.97 Å². The van der Waals surface area contributed by atoms with Gasteiger partial charge in [-0.3, -0.25) is 4.79 Å². The second-order valence-corrected chi connectivity index (χ2v) is 5.33. The van der Waals surface area contributed by atoms with Crippen LogP contribution in [0.1, 0.15) is 32.1 Å². The van der Waals surface area contributed by atoms with Gasteiger partial charge in [0.2, 0.25) is 5.91 Å². The Morgan fingerprint density at radius 3 is 2.71 bits per heavy atom. The van der Waals surface area contributed by atoms with Crippen molar-refractivity contribution in [2.45, 2.75) is 37.6 Å². The molecule has 0 unspecified atom stereocenters. The Morgan fingerprint density at radius 1 is 1.41 bits per heavy atom. The van der Waals surface area contributed by atoms with Crippen LogP contribution in [0.15, 0.2) is 17.0 Å². The zero-order valence-corrected chi connectivity index (χ0v) is 11.0. The number of carbonyl (C=O) groups is 1. The summed E-state index contributed by atoms with van der Waals surface area (Å²) in [6, 6.07) is 0. The highest BCUT2D eigenvalue weighted by molar-refractivity contribution is 9.10. The minimum absolute atomic E-state index is 0.0916. The van der Waals surface area contributed by atoms with Gasteiger partial charge in [-0.2, -0.15) is 0 Å². The van der Waals surface area contributed by atoms with Crippen LogP contribution in [0.2, 0.25) is 0 Å². The van der Waals surface area contributed by atoms with E-state index in [4.69, 9.17) is 5.73 Å². The number of amides is 1. The van der Waals surface area contributed by atoms with Gasteiger partial charge in [-0.05, 0) is 28.8 Å². The standard InChI is InChI=1S/C11H15BrN4O/c12-8-6-15-9(7-14-8)16-10(17)5-11(13)3-1-2-4-11/h6-7H,1-5,13H2,(H,15,16,17). The van der Waals surface area contributed by atoms with Crippen LogP contribution in [0.5, 0.6) is 0 Å². The van der Waals surface area contributed by atoms with Crippen LogP contribution in [0, 0.1) is 0 Å². The van der Waals surface area contributed by atoms with E-state index in [0.717, 1.165) is 25.7 Å². The van der Waals surface area contributed by atoms with Crippen LogP contribution in [0.3, 0.4) is 0 Å². The van der Waals surface area contributed by atoms with E-state index in [1.165, 1.54) is 6.20 Å². The lowest BCUT2D eigenvalue weighted by molar-refractivity contribution is -0.117. The molecule has 2 rings (SSSR count). The molecule has 0 aromatic carbocycles. The quantitative estimate of drug-likeness (QED) is 0.892. The van der Waals surface area contributed by atoms with Crippen LogP contribution < -0.4 is 11.1 Å². The van der Waals surface area contributed by atoms with E-state index in [1.54, 1.807) is 6.20 Å². The minimum Gasteiger partial charge on any atom is -0.325 e. The van der Waals surface area contributed by atoms with Gasteiger partial charge in [0.15, 0.2) is 5.82 Å². The van der Waals surface area contributed by atoms with Crippen LogP contribution in [0.4, 0.5) is 5.82 Å². The Balaban J connectivity index is 1.91. The van der Waals surface area contributed by atoms with Crippen LogP contribution in [-0.4, -0.2) is 21.4 Å². The normalized spacial score (nSPS) is 18.0. The molecule has 17 heavy (non-hydrogen) atoms. The summed E-state index contributed by atoms with van der Waals surface area (Å²) in [4.78, 5) is 19.8. The van der Waals surface area contributed by atoms with Crippen molar-refractivity contribution < 1.29 is 4.79 Å². The summed E-state index contributed by atoms with van der Waals surface area (Å²) in [7, 11) is 0. The molecule has 3 N–H and O–H groups in total. The smallest absolute Gasteiger partial charge is 0.227 e. The number of aromatic nitrogens is 2. The molecule has 0 aliphatic heterocycles. The molecule has 1 heterocycles. The second kappa shape index (κ2) is 5.10. The van der Waals surface area contributed by atoms with E-state index in [2.05, 4.69) is 31.2 Å². The SMILES string of the molecule is NC1(CC(=O)Nc2cnc(Br)cn2)CCCC1. The fourth-order valence-electron chi connectivity index (χ4n) is 2.14. The predicted octanol–water partition coefficient (Wildman–Crippen LogP) is 1.84. The van der Waals surface area contributed by atoms with Crippen molar-refractivity contribution in [3.63, 3.8) is 0 Å². The van der Waals surface area contributed by atoms with Crippen LogP contribution in [0.25, 0.3) is 0 Å². The fraction of sp³-hybridized carbons (Fsp3) is 0.545. The third-order valence-corrected chi connectivity index (χ3v) is 3.41. The number of nitrogens with one attached hydrogen (secondary N) is 1. The summed E-state index contributed by atoms with van der Waals surface area (Å²) in [5.74, 6) is 0.366. The minimum atomic E-state index is -0.327. The molecular formula is C11H15BrN4O. The fourth-order valence-corrected chi connectivity index (χ4v) is 2.34. The molecule has 0 bridgehead atoms. The van der Waals surface area contributed by atoms with Gasteiger partial charge in [0.1, 0.15) is 4.60 Å². The largest absolute Gasteiger partial charge is 0.325 e. The third-order valence-electron chi connectivity index (χ3n) is 3.00. The Morgan fingerprint density at radius 2 is 2.12 bits per heavy atom. The molecule has 1 aromatic rings. The van der Waals surface area contributed by atoms with E-state index in [9.17, 15) is 4.79 Å². The summed E-state index contributed by atoms with van der Waals surface area (Å²) in [5.41, 5.74) is 5.81. The van der Waals surface area contributed by atoms with Crippen molar-refractivity contribution in [3.8, 4) is 0 Å². The van der Waals surface area contributed by atoms with Crippen LogP contribution in [-0.2, 0) is 4.79 Å².